The molecular weight excluding hydrogens is 306 g/mol. The fourth-order valence-electron chi connectivity index (χ4n) is 2.26. The van der Waals surface area contributed by atoms with E-state index in [1.54, 1.807) is 24.3 Å². The number of allylic oxidation sites excluding steroid dienone is 4. The summed E-state index contributed by atoms with van der Waals surface area (Å²) in [5.74, 6) is 1.18. The summed E-state index contributed by atoms with van der Waals surface area (Å²) in [7, 11) is 0. The molecule has 2 rings (SSSR count). The van der Waals surface area contributed by atoms with Crippen molar-refractivity contribution in [1.29, 1.82) is 0 Å². The van der Waals surface area contributed by atoms with E-state index < -0.39 is 11.9 Å². The lowest BCUT2D eigenvalue weighted by atomic mass is 10.0. The number of amides is 2. The van der Waals surface area contributed by atoms with Crippen LogP contribution in [0.1, 0.15) is 26.2 Å². The van der Waals surface area contributed by atoms with E-state index in [1.807, 2.05) is 12.2 Å². The minimum absolute atomic E-state index is 0.138. The molecule has 0 aliphatic heterocycles. The van der Waals surface area contributed by atoms with Crippen LogP contribution in [0.2, 0.25) is 0 Å². The van der Waals surface area contributed by atoms with Crippen molar-refractivity contribution in [3.63, 3.8) is 0 Å². The van der Waals surface area contributed by atoms with Crippen molar-refractivity contribution in [2.75, 3.05) is 5.32 Å². The van der Waals surface area contributed by atoms with Gasteiger partial charge in [0.25, 0.3) is 0 Å². The summed E-state index contributed by atoms with van der Waals surface area (Å²) in [6.07, 6.45) is 7.39. The second-order valence-electron chi connectivity index (χ2n) is 5.86. The number of nitrogens with two attached hydrogens (primary N) is 2. The Morgan fingerprint density at radius 1 is 1.33 bits per heavy atom. The summed E-state index contributed by atoms with van der Waals surface area (Å²) in [5.41, 5.74) is 11.2. The van der Waals surface area contributed by atoms with Gasteiger partial charge in [0.05, 0.1) is 6.04 Å². The second-order valence-corrected chi connectivity index (χ2v) is 5.86. The average molecular weight is 329 g/mol. The Bertz CT molecular complexity index is 650. The number of hydrogen-bond donors (Lipinski definition) is 3. The quantitative estimate of drug-likeness (QED) is 0.711. The lowest BCUT2D eigenvalue weighted by molar-refractivity contribution is -0.119. The van der Waals surface area contributed by atoms with E-state index in [0.717, 1.165) is 17.9 Å². The third-order valence-electron chi connectivity index (χ3n) is 3.79. The molecule has 0 saturated carbocycles. The number of carbonyl (C=O) groups is 2. The second kappa shape index (κ2) is 8.31. The molecule has 2 atom stereocenters. The highest BCUT2D eigenvalue weighted by Gasteiger charge is 2.13. The molecule has 1 aliphatic rings. The van der Waals surface area contributed by atoms with Crippen LogP contribution in [0, 0.1) is 5.92 Å². The Kier molecular flexibility index (Phi) is 6.14. The normalized spacial score (nSPS) is 17.8. The van der Waals surface area contributed by atoms with Crippen molar-refractivity contribution < 1.29 is 14.3 Å². The highest BCUT2D eigenvalue weighted by atomic mass is 16.5. The van der Waals surface area contributed by atoms with Crippen LogP contribution in [0.15, 0.2) is 48.3 Å². The summed E-state index contributed by atoms with van der Waals surface area (Å²) in [4.78, 5) is 22.7. The van der Waals surface area contributed by atoms with Gasteiger partial charge in [0, 0.05) is 18.0 Å². The fraction of sp³-hybridized carbons (Fsp3) is 0.333. The predicted molar refractivity (Wildman–Crippen MR) is 93.1 cm³/mol. The predicted octanol–water partition coefficient (Wildman–Crippen LogP) is 2.08. The molecule has 0 aromatic heterocycles. The lowest BCUT2D eigenvalue weighted by Crippen LogP contribution is -2.37. The van der Waals surface area contributed by atoms with Gasteiger partial charge in [-0.15, -0.1) is 0 Å². The minimum atomic E-state index is -0.800. The molecule has 1 aromatic carbocycles. The third-order valence-corrected chi connectivity index (χ3v) is 3.79. The zero-order valence-corrected chi connectivity index (χ0v) is 13.7. The zero-order valence-electron chi connectivity index (χ0n) is 13.7. The largest absolute Gasteiger partial charge is 0.461 e. The third kappa shape index (κ3) is 5.24. The number of rotatable bonds is 7. The van der Waals surface area contributed by atoms with Crippen molar-refractivity contribution in [1.82, 2.24) is 0 Å². The summed E-state index contributed by atoms with van der Waals surface area (Å²) in [6.45, 7) is 2.11. The molecular formula is C18H23N3O3. The number of benzene rings is 1. The lowest BCUT2D eigenvalue weighted by Gasteiger charge is -2.18. The molecule has 5 N–H and O–H groups in total. The van der Waals surface area contributed by atoms with Gasteiger partial charge in [-0.2, -0.15) is 0 Å². The number of ether oxygens (including phenoxy) is 1. The molecule has 2 amide bonds. The topological polar surface area (TPSA) is 107 Å². The van der Waals surface area contributed by atoms with Gasteiger partial charge >= 0.3 is 0 Å². The van der Waals surface area contributed by atoms with E-state index in [1.165, 1.54) is 0 Å². The van der Waals surface area contributed by atoms with Gasteiger partial charge in [0.1, 0.15) is 11.5 Å². The van der Waals surface area contributed by atoms with Crippen LogP contribution in [0.25, 0.3) is 0 Å². The maximum Gasteiger partial charge on any atom is 0.234 e. The Balaban J connectivity index is 1.85. The van der Waals surface area contributed by atoms with Gasteiger partial charge in [-0.05, 0) is 43.2 Å². The molecule has 0 fully saturated rings. The molecule has 128 valence electrons. The van der Waals surface area contributed by atoms with Crippen LogP contribution in [0.5, 0.6) is 5.75 Å². The van der Waals surface area contributed by atoms with Crippen LogP contribution in [0.4, 0.5) is 5.69 Å². The van der Waals surface area contributed by atoms with Gasteiger partial charge in [-0.1, -0.05) is 19.1 Å². The molecule has 1 aliphatic carbocycles. The monoisotopic (exact) mass is 329 g/mol. The standard InChI is InChI=1S/C18H23N3O3/c1-12-4-2-3-5-16(12)24-14-8-6-13(7-9-14)21-17(22)11-10-15(19)18(20)23/h2-3,5-9,12,15H,4,10-11,19H2,1H3,(H2,20,23)(H,21,22). The number of nitrogens with one attached hydrogen (secondary N) is 1. The Morgan fingerprint density at radius 2 is 2.04 bits per heavy atom. The summed E-state index contributed by atoms with van der Waals surface area (Å²) in [5, 5.41) is 2.75. The first kappa shape index (κ1) is 17.7. The fourth-order valence-corrected chi connectivity index (χ4v) is 2.26. The SMILES string of the molecule is CC1CC=CC=C1Oc1ccc(NC(=O)CCC(N)C(N)=O)cc1. The molecule has 24 heavy (non-hydrogen) atoms. The van der Waals surface area contributed by atoms with Crippen molar-refractivity contribution in [3.8, 4) is 5.75 Å². The summed E-state index contributed by atoms with van der Waals surface area (Å²) in [6, 6.07) is 6.34. The molecule has 0 spiro atoms. The Labute approximate surface area is 141 Å². The van der Waals surface area contributed by atoms with E-state index in [9.17, 15) is 9.59 Å². The van der Waals surface area contributed by atoms with Crippen molar-refractivity contribution in [3.05, 3.63) is 48.3 Å². The molecule has 6 nitrogen and oxygen atoms in total. The van der Waals surface area contributed by atoms with Crippen LogP contribution in [-0.2, 0) is 9.59 Å². The maximum absolute atomic E-state index is 11.8. The minimum Gasteiger partial charge on any atom is -0.461 e. The van der Waals surface area contributed by atoms with Gasteiger partial charge in [0.15, 0.2) is 0 Å². The highest BCUT2D eigenvalue weighted by molar-refractivity contribution is 5.91. The average Bonchev–Trinajstić information content (AvgIpc) is 2.56. The molecule has 0 radical (unpaired) electrons. The summed E-state index contributed by atoms with van der Waals surface area (Å²) < 4.78 is 5.86. The molecule has 2 unspecified atom stereocenters. The molecule has 0 bridgehead atoms. The van der Waals surface area contributed by atoms with Crippen LogP contribution in [-0.4, -0.2) is 17.9 Å². The van der Waals surface area contributed by atoms with Crippen LogP contribution >= 0.6 is 0 Å². The maximum atomic E-state index is 11.8. The number of hydrogen-bond acceptors (Lipinski definition) is 4. The van der Waals surface area contributed by atoms with E-state index in [2.05, 4.69) is 18.3 Å². The van der Waals surface area contributed by atoms with Gasteiger partial charge in [0.2, 0.25) is 11.8 Å². The van der Waals surface area contributed by atoms with Gasteiger partial charge in [-0.25, -0.2) is 0 Å². The van der Waals surface area contributed by atoms with Crippen LogP contribution < -0.4 is 21.5 Å². The first-order valence-corrected chi connectivity index (χ1v) is 7.95. The van der Waals surface area contributed by atoms with Crippen molar-refractivity contribution in [2.45, 2.75) is 32.2 Å². The number of anilines is 1. The molecule has 1 aromatic rings. The first-order chi connectivity index (χ1) is 11.5. The van der Waals surface area contributed by atoms with E-state index in [4.69, 9.17) is 16.2 Å². The van der Waals surface area contributed by atoms with Crippen LogP contribution in [0.3, 0.4) is 0 Å². The van der Waals surface area contributed by atoms with Crippen molar-refractivity contribution >= 4 is 17.5 Å². The van der Waals surface area contributed by atoms with E-state index >= 15 is 0 Å². The molecule has 0 saturated heterocycles. The van der Waals surface area contributed by atoms with E-state index in [-0.39, 0.29) is 18.7 Å². The number of carbonyl (C=O) groups excluding carboxylic acids is 2. The van der Waals surface area contributed by atoms with E-state index in [0.29, 0.717) is 11.6 Å². The zero-order chi connectivity index (χ0) is 17.5. The number of primary amides is 1. The smallest absolute Gasteiger partial charge is 0.234 e. The Hall–Kier alpha value is -2.60. The molecule has 6 heteroatoms. The molecule has 0 heterocycles. The van der Waals surface area contributed by atoms with Gasteiger partial charge in [-0.3, -0.25) is 9.59 Å². The Morgan fingerprint density at radius 3 is 2.67 bits per heavy atom. The van der Waals surface area contributed by atoms with Crippen molar-refractivity contribution in [2.24, 2.45) is 17.4 Å². The highest BCUT2D eigenvalue weighted by Crippen LogP contribution is 2.25. The van der Waals surface area contributed by atoms with Gasteiger partial charge < -0.3 is 21.5 Å². The summed E-state index contributed by atoms with van der Waals surface area (Å²) >= 11 is 0. The first-order valence-electron chi connectivity index (χ1n) is 7.95.